The highest BCUT2D eigenvalue weighted by Gasteiger charge is 2.05. The van der Waals surface area contributed by atoms with E-state index in [1.54, 1.807) is 56.7 Å². The number of benzene rings is 2. The van der Waals surface area contributed by atoms with E-state index in [0.29, 0.717) is 22.8 Å². The molecule has 1 amide bonds. The van der Waals surface area contributed by atoms with E-state index >= 15 is 0 Å². The van der Waals surface area contributed by atoms with Gasteiger partial charge in [0.2, 0.25) is 0 Å². The Kier molecular flexibility index (Phi) is 6.13. The number of methoxy groups -OCH3 is 2. The Bertz CT molecular complexity index is 941. The van der Waals surface area contributed by atoms with Crippen molar-refractivity contribution in [2.24, 2.45) is 5.10 Å². The fourth-order valence-electron chi connectivity index (χ4n) is 2.25. The molecule has 144 valence electrons. The van der Waals surface area contributed by atoms with Gasteiger partial charge in [-0.15, -0.1) is 5.10 Å². The van der Waals surface area contributed by atoms with Crippen LogP contribution in [0.4, 0.5) is 0 Å². The summed E-state index contributed by atoms with van der Waals surface area (Å²) in [5.41, 5.74) is 3.88. The molecule has 0 radical (unpaired) electrons. The fourth-order valence-corrected chi connectivity index (χ4v) is 2.25. The predicted molar refractivity (Wildman–Crippen MR) is 99.9 cm³/mol. The van der Waals surface area contributed by atoms with Crippen LogP contribution in [0.3, 0.4) is 0 Å². The molecule has 0 aliphatic rings. The molecule has 3 rings (SSSR count). The maximum absolute atomic E-state index is 11.9. The minimum atomic E-state index is -0.395. The van der Waals surface area contributed by atoms with E-state index in [-0.39, 0.29) is 6.61 Å². The molecule has 10 heteroatoms. The van der Waals surface area contributed by atoms with Gasteiger partial charge < -0.3 is 14.2 Å². The topological polar surface area (TPSA) is 113 Å². The van der Waals surface area contributed by atoms with Crippen LogP contribution in [0, 0.1) is 0 Å². The molecule has 28 heavy (non-hydrogen) atoms. The highest BCUT2D eigenvalue weighted by Crippen LogP contribution is 2.23. The molecule has 2 aromatic carbocycles. The van der Waals surface area contributed by atoms with E-state index < -0.39 is 5.91 Å². The molecule has 0 atom stereocenters. The first-order chi connectivity index (χ1) is 13.7. The number of rotatable bonds is 8. The van der Waals surface area contributed by atoms with Crippen molar-refractivity contribution < 1.29 is 19.0 Å². The lowest BCUT2D eigenvalue weighted by molar-refractivity contribution is -0.123. The quantitative estimate of drug-likeness (QED) is 0.460. The Morgan fingerprint density at radius 1 is 1.14 bits per heavy atom. The maximum atomic E-state index is 11.9. The maximum Gasteiger partial charge on any atom is 0.277 e. The zero-order valence-electron chi connectivity index (χ0n) is 15.3. The number of tetrazole rings is 1. The van der Waals surface area contributed by atoms with Crippen molar-refractivity contribution in [1.82, 2.24) is 25.6 Å². The number of ether oxygens (including phenoxy) is 3. The summed E-state index contributed by atoms with van der Waals surface area (Å²) in [7, 11) is 3.12. The summed E-state index contributed by atoms with van der Waals surface area (Å²) in [6.45, 7) is -0.179. The van der Waals surface area contributed by atoms with Crippen molar-refractivity contribution in [3.63, 3.8) is 0 Å². The number of nitrogens with zero attached hydrogens (tertiary/aromatic N) is 5. The second kappa shape index (κ2) is 9.12. The van der Waals surface area contributed by atoms with Crippen LogP contribution in [0.25, 0.3) is 5.69 Å². The average Bonchev–Trinajstić information content (AvgIpc) is 3.27. The van der Waals surface area contributed by atoms with E-state index in [4.69, 9.17) is 14.2 Å². The monoisotopic (exact) mass is 382 g/mol. The number of carbonyl (C=O) groups excluding carboxylic acids is 1. The summed E-state index contributed by atoms with van der Waals surface area (Å²) in [5.74, 6) is 1.38. The Morgan fingerprint density at radius 2 is 1.93 bits per heavy atom. The number of aromatic nitrogens is 4. The van der Waals surface area contributed by atoms with Crippen LogP contribution in [-0.4, -0.2) is 53.2 Å². The summed E-state index contributed by atoms with van der Waals surface area (Å²) in [6, 6.07) is 12.3. The van der Waals surface area contributed by atoms with Crippen molar-refractivity contribution in [1.29, 1.82) is 0 Å². The van der Waals surface area contributed by atoms with Gasteiger partial charge in [0.05, 0.1) is 26.1 Å². The van der Waals surface area contributed by atoms with Gasteiger partial charge in [0.25, 0.3) is 5.91 Å². The first-order valence-corrected chi connectivity index (χ1v) is 8.20. The molecule has 0 aliphatic heterocycles. The Balaban J connectivity index is 1.50. The van der Waals surface area contributed by atoms with Crippen LogP contribution in [0.2, 0.25) is 0 Å². The molecular formula is C18H18N6O4. The molecule has 0 spiro atoms. The zero-order chi connectivity index (χ0) is 19.8. The summed E-state index contributed by atoms with van der Waals surface area (Å²) < 4.78 is 17.3. The van der Waals surface area contributed by atoms with Gasteiger partial charge >= 0.3 is 0 Å². The number of amides is 1. The van der Waals surface area contributed by atoms with Gasteiger partial charge in [-0.2, -0.15) is 5.10 Å². The molecule has 1 N–H and O–H groups in total. The second-order valence-corrected chi connectivity index (χ2v) is 5.44. The molecule has 0 aliphatic carbocycles. The number of nitrogens with one attached hydrogen (secondary N) is 1. The van der Waals surface area contributed by atoms with E-state index in [1.807, 2.05) is 0 Å². The second-order valence-electron chi connectivity index (χ2n) is 5.44. The van der Waals surface area contributed by atoms with E-state index in [1.165, 1.54) is 17.2 Å². The highest BCUT2D eigenvalue weighted by molar-refractivity contribution is 5.85. The first-order valence-electron chi connectivity index (χ1n) is 8.20. The molecule has 0 saturated heterocycles. The van der Waals surface area contributed by atoms with Crippen molar-refractivity contribution in [3.8, 4) is 22.9 Å². The number of carbonyl (C=O) groups is 1. The van der Waals surface area contributed by atoms with Crippen LogP contribution >= 0.6 is 0 Å². The molecule has 0 saturated carbocycles. The van der Waals surface area contributed by atoms with Crippen LogP contribution in [-0.2, 0) is 4.79 Å². The molecule has 1 aromatic heterocycles. The summed E-state index contributed by atoms with van der Waals surface area (Å²) in [4.78, 5) is 11.9. The number of hydrazone groups is 1. The third-order valence-electron chi connectivity index (χ3n) is 3.65. The molecule has 3 aromatic rings. The molecule has 0 bridgehead atoms. The molecule has 1 heterocycles. The number of hydrogen-bond acceptors (Lipinski definition) is 8. The molecule has 10 nitrogen and oxygen atoms in total. The lowest BCUT2D eigenvalue weighted by Gasteiger charge is -2.07. The van der Waals surface area contributed by atoms with Gasteiger partial charge in [0.1, 0.15) is 23.6 Å². The smallest absolute Gasteiger partial charge is 0.277 e. The normalized spacial score (nSPS) is 10.6. The Morgan fingerprint density at radius 3 is 2.61 bits per heavy atom. The van der Waals surface area contributed by atoms with Gasteiger partial charge in [-0.05, 0) is 46.8 Å². The molecule has 0 unspecified atom stereocenters. The van der Waals surface area contributed by atoms with Crippen molar-refractivity contribution >= 4 is 12.1 Å². The SMILES string of the molecule is COc1ccc(C=NNC(=O)COc2ccc(-n3cnnn3)cc2)c(OC)c1. The first kappa shape index (κ1) is 18.8. The van der Waals surface area contributed by atoms with Gasteiger partial charge in [0.15, 0.2) is 6.61 Å². The minimum Gasteiger partial charge on any atom is -0.497 e. The van der Waals surface area contributed by atoms with Crippen molar-refractivity contribution in [2.45, 2.75) is 0 Å². The molecule has 0 fully saturated rings. The lowest BCUT2D eigenvalue weighted by atomic mass is 10.2. The Labute approximate surface area is 160 Å². The van der Waals surface area contributed by atoms with Gasteiger partial charge in [-0.3, -0.25) is 4.79 Å². The van der Waals surface area contributed by atoms with Gasteiger partial charge in [-0.1, -0.05) is 0 Å². The predicted octanol–water partition coefficient (Wildman–Crippen LogP) is 1.21. The fraction of sp³-hybridized carbons (Fsp3) is 0.167. The minimum absolute atomic E-state index is 0.179. The van der Waals surface area contributed by atoms with Crippen molar-refractivity contribution in [3.05, 3.63) is 54.4 Å². The summed E-state index contributed by atoms with van der Waals surface area (Å²) >= 11 is 0. The van der Waals surface area contributed by atoms with E-state index in [0.717, 1.165) is 5.69 Å². The standard InChI is InChI=1S/C18H18N6O4/c1-26-16-6-3-13(17(9-16)27-2)10-19-21-18(25)11-28-15-7-4-14(5-8-15)24-12-20-22-23-24/h3-10,12H,11H2,1-2H3,(H,21,25). The Hall–Kier alpha value is -3.95. The molecular weight excluding hydrogens is 364 g/mol. The summed E-state index contributed by atoms with van der Waals surface area (Å²) in [5, 5.41) is 14.8. The van der Waals surface area contributed by atoms with Crippen LogP contribution < -0.4 is 19.6 Å². The lowest BCUT2D eigenvalue weighted by Crippen LogP contribution is -2.24. The van der Waals surface area contributed by atoms with Crippen LogP contribution in [0.1, 0.15) is 5.56 Å². The van der Waals surface area contributed by atoms with Crippen molar-refractivity contribution in [2.75, 3.05) is 20.8 Å². The third-order valence-corrected chi connectivity index (χ3v) is 3.65. The van der Waals surface area contributed by atoms with Gasteiger partial charge in [0, 0.05) is 11.6 Å². The van der Waals surface area contributed by atoms with E-state index in [2.05, 4.69) is 26.1 Å². The zero-order valence-corrected chi connectivity index (χ0v) is 15.3. The summed E-state index contributed by atoms with van der Waals surface area (Å²) in [6.07, 6.45) is 2.97. The van der Waals surface area contributed by atoms with Crippen LogP contribution in [0.15, 0.2) is 53.9 Å². The average molecular weight is 382 g/mol. The van der Waals surface area contributed by atoms with Crippen LogP contribution in [0.5, 0.6) is 17.2 Å². The van der Waals surface area contributed by atoms with E-state index in [9.17, 15) is 4.79 Å². The largest absolute Gasteiger partial charge is 0.497 e. The van der Waals surface area contributed by atoms with Gasteiger partial charge in [-0.25, -0.2) is 10.1 Å². The number of hydrogen-bond donors (Lipinski definition) is 1. The third kappa shape index (κ3) is 4.81. The highest BCUT2D eigenvalue weighted by atomic mass is 16.5.